The van der Waals surface area contributed by atoms with Crippen LogP contribution in [0.1, 0.15) is 35.0 Å². The fourth-order valence-corrected chi connectivity index (χ4v) is 1.77. The number of nitrogens with one attached hydrogen (secondary N) is 1. The molecular weight excluding hydrogens is 268 g/mol. The van der Waals surface area contributed by atoms with Crippen LogP contribution in [0.25, 0.3) is 0 Å². The number of aryl methyl sites for hydroxylation is 1. The van der Waals surface area contributed by atoms with Gasteiger partial charge in [-0.25, -0.2) is 4.98 Å². The molecular formula is C13H13ClN2O3. The molecule has 0 saturated carbocycles. The van der Waals surface area contributed by atoms with Gasteiger partial charge in [0.25, 0.3) is 5.91 Å². The number of aromatic nitrogens is 1. The minimum absolute atomic E-state index is 0.152. The van der Waals surface area contributed by atoms with Crippen LogP contribution in [0.2, 0.25) is 5.02 Å². The maximum Gasteiger partial charge on any atom is 0.255 e. The highest BCUT2D eigenvalue weighted by atomic mass is 35.5. The van der Waals surface area contributed by atoms with Gasteiger partial charge in [-0.05, 0) is 32.0 Å². The van der Waals surface area contributed by atoms with E-state index in [4.69, 9.17) is 16.0 Å². The number of phenolic OH excluding ortho intramolecular Hbond substituents is 1. The van der Waals surface area contributed by atoms with E-state index in [9.17, 15) is 9.90 Å². The fourth-order valence-electron chi connectivity index (χ4n) is 1.61. The van der Waals surface area contributed by atoms with Crippen LogP contribution >= 0.6 is 11.6 Å². The van der Waals surface area contributed by atoms with Crippen molar-refractivity contribution in [3.8, 4) is 5.75 Å². The van der Waals surface area contributed by atoms with Gasteiger partial charge in [0.05, 0.1) is 11.8 Å². The molecule has 1 unspecified atom stereocenters. The van der Waals surface area contributed by atoms with Gasteiger partial charge in [-0.15, -0.1) is 0 Å². The molecule has 0 fully saturated rings. The maximum atomic E-state index is 12.0. The number of phenols is 1. The van der Waals surface area contributed by atoms with Gasteiger partial charge in [0.2, 0.25) is 5.89 Å². The lowest BCUT2D eigenvalue weighted by Gasteiger charge is -2.11. The van der Waals surface area contributed by atoms with Crippen molar-refractivity contribution < 1.29 is 14.3 Å². The molecule has 1 aromatic carbocycles. The predicted molar refractivity (Wildman–Crippen MR) is 70.2 cm³/mol. The van der Waals surface area contributed by atoms with Crippen LogP contribution in [0, 0.1) is 6.92 Å². The zero-order valence-corrected chi connectivity index (χ0v) is 11.2. The van der Waals surface area contributed by atoms with Gasteiger partial charge < -0.3 is 14.8 Å². The molecule has 2 rings (SSSR count). The zero-order chi connectivity index (χ0) is 14.0. The number of halogens is 1. The summed E-state index contributed by atoms with van der Waals surface area (Å²) in [5.74, 6) is 0.503. The summed E-state index contributed by atoms with van der Waals surface area (Å²) in [6.07, 6.45) is 1.58. The number of amides is 1. The SMILES string of the molecule is Cc1cnc(C(C)NC(=O)c2ccc(Cl)cc2O)o1. The molecule has 0 bridgehead atoms. The van der Waals surface area contributed by atoms with E-state index in [0.29, 0.717) is 16.7 Å². The first-order valence-electron chi connectivity index (χ1n) is 5.69. The fraction of sp³-hybridized carbons (Fsp3) is 0.231. The molecule has 0 aliphatic heterocycles. The van der Waals surface area contributed by atoms with Gasteiger partial charge in [0, 0.05) is 5.02 Å². The van der Waals surface area contributed by atoms with Gasteiger partial charge >= 0.3 is 0 Å². The van der Waals surface area contributed by atoms with Crippen LogP contribution in [0.3, 0.4) is 0 Å². The first-order chi connectivity index (χ1) is 8.97. The van der Waals surface area contributed by atoms with Gasteiger partial charge in [-0.3, -0.25) is 4.79 Å². The highest BCUT2D eigenvalue weighted by Gasteiger charge is 2.17. The Morgan fingerprint density at radius 2 is 2.26 bits per heavy atom. The summed E-state index contributed by atoms with van der Waals surface area (Å²) in [6, 6.07) is 3.92. The lowest BCUT2D eigenvalue weighted by Crippen LogP contribution is -2.26. The van der Waals surface area contributed by atoms with E-state index in [2.05, 4.69) is 10.3 Å². The number of aromatic hydroxyl groups is 1. The second kappa shape index (κ2) is 5.32. The minimum Gasteiger partial charge on any atom is -0.507 e. The van der Waals surface area contributed by atoms with E-state index in [1.54, 1.807) is 20.0 Å². The first-order valence-corrected chi connectivity index (χ1v) is 6.07. The second-order valence-electron chi connectivity index (χ2n) is 4.17. The van der Waals surface area contributed by atoms with Crippen molar-refractivity contribution in [3.05, 3.63) is 46.6 Å². The molecule has 0 spiro atoms. The summed E-state index contributed by atoms with van der Waals surface area (Å²) in [4.78, 5) is 16.0. The summed E-state index contributed by atoms with van der Waals surface area (Å²) in [6.45, 7) is 3.52. The highest BCUT2D eigenvalue weighted by molar-refractivity contribution is 6.30. The third kappa shape index (κ3) is 3.06. The summed E-state index contributed by atoms with van der Waals surface area (Å²) < 4.78 is 5.32. The molecule has 5 nitrogen and oxygen atoms in total. The van der Waals surface area contributed by atoms with Gasteiger partial charge in [0.15, 0.2) is 0 Å². The Bertz CT molecular complexity index is 610. The molecule has 1 atom stereocenters. The Labute approximate surface area is 115 Å². The van der Waals surface area contributed by atoms with Crippen molar-refractivity contribution in [1.82, 2.24) is 10.3 Å². The molecule has 0 radical (unpaired) electrons. The normalized spacial score (nSPS) is 12.2. The summed E-state index contributed by atoms with van der Waals surface area (Å²) in [5, 5.41) is 12.7. The second-order valence-corrected chi connectivity index (χ2v) is 4.60. The van der Waals surface area contributed by atoms with E-state index < -0.39 is 11.9 Å². The lowest BCUT2D eigenvalue weighted by atomic mass is 10.1. The van der Waals surface area contributed by atoms with E-state index in [-0.39, 0.29) is 11.3 Å². The molecule has 1 heterocycles. The van der Waals surface area contributed by atoms with Crippen molar-refractivity contribution in [2.75, 3.05) is 0 Å². The molecule has 1 amide bonds. The molecule has 6 heteroatoms. The molecule has 100 valence electrons. The third-order valence-corrected chi connectivity index (χ3v) is 2.80. The van der Waals surface area contributed by atoms with Crippen molar-refractivity contribution >= 4 is 17.5 Å². The summed E-state index contributed by atoms with van der Waals surface area (Å²) in [7, 11) is 0. The molecule has 0 saturated heterocycles. The number of oxazole rings is 1. The quantitative estimate of drug-likeness (QED) is 0.906. The maximum absolute atomic E-state index is 12.0. The number of carbonyl (C=O) groups excluding carboxylic acids is 1. The van der Waals surface area contributed by atoms with Crippen molar-refractivity contribution in [2.24, 2.45) is 0 Å². The monoisotopic (exact) mass is 280 g/mol. The van der Waals surface area contributed by atoms with Crippen LogP contribution in [-0.2, 0) is 0 Å². The Hall–Kier alpha value is -2.01. The molecule has 0 aliphatic rings. The molecule has 2 N–H and O–H groups in total. The number of hydrogen-bond donors (Lipinski definition) is 2. The Balaban J connectivity index is 2.12. The number of benzene rings is 1. The van der Waals surface area contributed by atoms with Crippen LogP contribution in [-0.4, -0.2) is 16.0 Å². The van der Waals surface area contributed by atoms with Gasteiger partial charge in [0.1, 0.15) is 17.6 Å². The van der Waals surface area contributed by atoms with Crippen LogP contribution in [0.15, 0.2) is 28.8 Å². The smallest absolute Gasteiger partial charge is 0.255 e. The Morgan fingerprint density at radius 3 is 2.84 bits per heavy atom. The van der Waals surface area contributed by atoms with E-state index in [1.807, 2.05) is 0 Å². The third-order valence-electron chi connectivity index (χ3n) is 2.56. The summed E-state index contributed by atoms with van der Waals surface area (Å²) in [5.41, 5.74) is 0.152. The predicted octanol–water partition coefficient (Wildman–Crippen LogP) is 2.83. The lowest BCUT2D eigenvalue weighted by molar-refractivity contribution is 0.0931. The molecule has 0 aliphatic carbocycles. The summed E-state index contributed by atoms with van der Waals surface area (Å²) >= 11 is 5.71. The zero-order valence-electron chi connectivity index (χ0n) is 10.5. The van der Waals surface area contributed by atoms with Crippen molar-refractivity contribution in [2.45, 2.75) is 19.9 Å². The molecule has 19 heavy (non-hydrogen) atoms. The standard InChI is InChI=1S/C13H13ClN2O3/c1-7-6-15-13(19-7)8(2)16-12(18)10-4-3-9(14)5-11(10)17/h3-6,8,17H,1-2H3,(H,16,18). The number of nitrogens with zero attached hydrogens (tertiary/aromatic N) is 1. The van der Waals surface area contributed by atoms with Crippen LogP contribution in [0.5, 0.6) is 5.75 Å². The van der Waals surface area contributed by atoms with E-state index in [1.165, 1.54) is 18.2 Å². The average Bonchev–Trinajstić information content (AvgIpc) is 2.75. The number of carbonyl (C=O) groups is 1. The van der Waals surface area contributed by atoms with Crippen molar-refractivity contribution in [1.29, 1.82) is 0 Å². The Kier molecular flexibility index (Phi) is 3.76. The van der Waals surface area contributed by atoms with Crippen LogP contribution in [0.4, 0.5) is 0 Å². The average molecular weight is 281 g/mol. The topological polar surface area (TPSA) is 75.4 Å². The Morgan fingerprint density at radius 1 is 1.53 bits per heavy atom. The number of rotatable bonds is 3. The first kappa shape index (κ1) is 13.4. The van der Waals surface area contributed by atoms with Crippen molar-refractivity contribution in [3.63, 3.8) is 0 Å². The van der Waals surface area contributed by atoms with Gasteiger partial charge in [-0.1, -0.05) is 11.6 Å². The molecule has 2 aromatic rings. The van der Waals surface area contributed by atoms with E-state index in [0.717, 1.165) is 0 Å². The van der Waals surface area contributed by atoms with E-state index >= 15 is 0 Å². The number of hydrogen-bond acceptors (Lipinski definition) is 4. The minimum atomic E-state index is -0.419. The largest absolute Gasteiger partial charge is 0.507 e. The molecule has 1 aromatic heterocycles. The van der Waals surface area contributed by atoms with Gasteiger partial charge in [-0.2, -0.15) is 0 Å². The van der Waals surface area contributed by atoms with Crippen LogP contribution < -0.4 is 5.32 Å². The highest BCUT2D eigenvalue weighted by Crippen LogP contribution is 2.22.